The Hall–Kier alpha value is -1.94. The van der Waals surface area contributed by atoms with Crippen molar-refractivity contribution in [1.29, 1.82) is 0 Å². The van der Waals surface area contributed by atoms with E-state index in [1.165, 1.54) is 89.4 Å². The standard InChI is InChI=1S/2C16H13.C4H8Si.2Hf/c2*1-12-10-14-8-5-9-15(16(14)11-12)13-6-3-2-4-7-13;1-2-4-5-3-1;;/h2*2-11H,1H3;1-4H2;;/q2*-1;;;. The van der Waals surface area contributed by atoms with Crippen molar-refractivity contribution in [3.05, 3.63) is 132 Å². The van der Waals surface area contributed by atoms with Gasteiger partial charge in [0.1, 0.15) is 0 Å². The minimum atomic E-state index is 0. The van der Waals surface area contributed by atoms with Crippen molar-refractivity contribution in [2.45, 2.75) is 38.8 Å². The van der Waals surface area contributed by atoms with Gasteiger partial charge in [0.05, 0.1) is 0 Å². The summed E-state index contributed by atoms with van der Waals surface area (Å²) in [5.41, 5.74) is 7.89. The van der Waals surface area contributed by atoms with Gasteiger partial charge in [0.25, 0.3) is 0 Å². The second-order valence-corrected chi connectivity index (χ2v) is 11.4. The first kappa shape index (κ1) is 31.6. The second-order valence-electron chi connectivity index (χ2n) is 9.87. The molecule has 39 heavy (non-hydrogen) atoms. The van der Waals surface area contributed by atoms with Crippen LogP contribution in [0.25, 0.3) is 43.8 Å². The van der Waals surface area contributed by atoms with Crippen LogP contribution in [0.5, 0.6) is 0 Å². The summed E-state index contributed by atoms with van der Waals surface area (Å²) in [5.74, 6) is 0. The molecule has 1 aliphatic rings. The summed E-state index contributed by atoms with van der Waals surface area (Å²) in [4.78, 5) is 0. The van der Waals surface area contributed by atoms with Crippen LogP contribution in [0.2, 0.25) is 12.1 Å². The third-order valence-corrected chi connectivity index (χ3v) is 8.33. The molecule has 0 N–H and O–H groups in total. The number of benzene rings is 4. The first-order chi connectivity index (χ1) is 18.2. The van der Waals surface area contributed by atoms with Crippen LogP contribution in [-0.2, 0) is 51.7 Å². The summed E-state index contributed by atoms with van der Waals surface area (Å²) in [7, 11) is 1.31. The molecule has 0 unspecified atom stereocenters. The molecule has 0 atom stereocenters. The van der Waals surface area contributed by atoms with E-state index in [0.717, 1.165) is 0 Å². The molecule has 0 aromatic heterocycles. The molecule has 0 saturated carbocycles. The van der Waals surface area contributed by atoms with Crippen molar-refractivity contribution in [1.82, 2.24) is 0 Å². The number of hydrogen-bond donors (Lipinski definition) is 0. The Balaban J connectivity index is 0.000000176. The van der Waals surface area contributed by atoms with Gasteiger partial charge in [-0.3, -0.25) is 0 Å². The van der Waals surface area contributed by atoms with Gasteiger partial charge in [0.2, 0.25) is 0 Å². The molecular formula is C36H34Hf2Si-2. The fourth-order valence-electron chi connectivity index (χ4n) is 5.13. The minimum Gasteiger partial charge on any atom is -0.165 e. The van der Waals surface area contributed by atoms with E-state index >= 15 is 0 Å². The van der Waals surface area contributed by atoms with Gasteiger partial charge in [0.15, 0.2) is 0 Å². The number of aryl methyl sites for hydroxylation is 2. The van der Waals surface area contributed by atoms with Gasteiger partial charge in [-0.05, 0) is 11.1 Å². The van der Waals surface area contributed by atoms with Crippen LogP contribution in [0.15, 0.2) is 121 Å². The van der Waals surface area contributed by atoms with Gasteiger partial charge in [-0.15, -0.1) is 69.1 Å². The molecule has 1 saturated heterocycles. The summed E-state index contributed by atoms with van der Waals surface area (Å²) in [6.07, 6.45) is 3.02. The molecule has 0 nitrogen and oxygen atoms in total. The zero-order valence-corrected chi connectivity index (χ0v) is 31.1. The molecule has 192 valence electrons. The van der Waals surface area contributed by atoms with Gasteiger partial charge < -0.3 is 0 Å². The zero-order valence-electron chi connectivity index (χ0n) is 22.9. The van der Waals surface area contributed by atoms with Crippen molar-refractivity contribution in [2.24, 2.45) is 0 Å². The van der Waals surface area contributed by atoms with E-state index in [1.807, 2.05) is 0 Å². The molecule has 1 aliphatic heterocycles. The molecule has 2 radical (unpaired) electrons. The second kappa shape index (κ2) is 15.7. The van der Waals surface area contributed by atoms with Crippen LogP contribution in [0.1, 0.15) is 24.0 Å². The fourth-order valence-corrected chi connectivity index (χ4v) is 6.38. The summed E-state index contributed by atoms with van der Waals surface area (Å²) in [5, 5.41) is 5.37. The monoisotopic (exact) mass is 854 g/mol. The van der Waals surface area contributed by atoms with Crippen molar-refractivity contribution in [3.8, 4) is 22.3 Å². The maximum atomic E-state index is 2.26. The maximum absolute atomic E-state index is 2.26. The minimum absolute atomic E-state index is 0. The molecule has 1 heterocycles. The molecular weight excluding hydrogens is 817 g/mol. The zero-order chi connectivity index (χ0) is 25.5. The largest absolute Gasteiger partial charge is 0.165 e. The van der Waals surface area contributed by atoms with Crippen molar-refractivity contribution in [2.75, 3.05) is 0 Å². The SMILES string of the molecule is C1CC[Si]C1.Cc1cc2c(-c3ccccc3)cccc2[cH-]1.Cc1cc2c(-c3ccccc3)cccc2[cH-]1.[Hf].[Hf]. The van der Waals surface area contributed by atoms with E-state index in [4.69, 9.17) is 0 Å². The number of rotatable bonds is 2. The molecule has 7 rings (SSSR count). The van der Waals surface area contributed by atoms with Gasteiger partial charge in [-0.2, -0.15) is 12.1 Å². The topological polar surface area (TPSA) is 0 Å². The van der Waals surface area contributed by atoms with Gasteiger partial charge >= 0.3 is 0 Å². The van der Waals surface area contributed by atoms with Crippen LogP contribution in [-0.4, -0.2) is 9.52 Å². The Kier molecular flexibility index (Phi) is 12.7. The van der Waals surface area contributed by atoms with Crippen LogP contribution in [0.3, 0.4) is 0 Å². The van der Waals surface area contributed by atoms with E-state index in [2.05, 4.69) is 135 Å². The summed E-state index contributed by atoms with van der Waals surface area (Å²) in [6, 6.07) is 46.2. The average Bonchev–Trinajstić information content (AvgIpc) is 3.70. The summed E-state index contributed by atoms with van der Waals surface area (Å²) >= 11 is 0. The molecule has 0 amide bonds. The molecule has 0 spiro atoms. The predicted octanol–water partition coefficient (Wildman–Crippen LogP) is 10.4. The van der Waals surface area contributed by atoms with Crippen LogP contribution in [0.4, 0.5) is 0 Å². The number of fused-ring (bicyclic) bond motifs is 2. The molecule has 1 fully saturated rings. The molecule has 6 aromatic rings. The van der Waals surface area contributed by atoms with Crippen LogP contribution in [0, 0.1) is 13.8 Å². The molecule has 0 aliphatic carbocycles. The summed E-state index contributed by atoms with van der Waals surface area (Å²) < 4.78 is 0. The third-order valence-electron chi connectivity index (χ3n) is 6.92. The van der Waals surface area contributed by atoms with Gasteiger partial charge in [-0.25, -0.2) is 0 Å². The van der Waals surface area contributed by atoms with E-state index in [-0.39, 0.29) is 51.7 Å². The fraction of sp³-hybridized carbons (Fsp3) is 0.167. The van der Waals surface area contributed by atoms with Crippen LogP contribution >= 0.6 is 0 Å². The molecule has 3 heteroatoms. The predicted molar refractivity (Wildman–Crippen MR) is 164 cm³/mol. The third kappa shape index (κ3) is 8.28. The van der Waals surface area contributed by atoms with Gasteiger partial charge in [-0.1, -0.05) is 123 Å². The van der Waals surface area contributed by atoms with Gasteiger partial charge in [0, 0.05) is 61.2 Å². The van der Waals surface area contributed by atoms with E-state index in [0.29, 0.717) is 0 Å². The quantitative estimate of drug-likeness (QED) is 0.120. The number of hydrogen-bond acceptors (Lipinski definition) is 0. The average molecular weight is 852 g/mol. The Morgan fingerprint density at radius 3 is 1.28 bits per heavy atom. The smallest absolute Gasteiger partial charge is 0.0377 e. The van der Waals surface area contributed by atoms with E-state index in [9.17, 15) is 0 Å². The Morgan fingerprint density at radius 1 is 0.513 bits per heavy atom. The Bertz CT molecular complexity index is 1430. The normalized spacial score (nSPS) is 11.9. The molecule has 0 bridgehead atoms. The van der Waals surface area contributed by atoms with Crippen LogP contribution < -0.4 is 0 Å². The van der Waals surface area contributed by atoms with E-state index < -0.39 is 0 Å². The Labute approximate surface area is 274 Å². The first-order valence-corrected chi connectivity index (χ1v) is 14.7. The Morgan fingerprint density at radius 2 is 0.923 bits per heavy atom. The van der Waals surface area contributed by atoms with Crippen molar-refractivity contribution in [3.63, 3.8) is 0 Å². The first-order valence-electron chi connectivity index (χ1n) is 13.3. The maximum Gasteiger partial charge on any atom is 0.0377 e. The van der Waals surface area contributed by atoms with Crippen molar-refractivity contribution >= 4 is 31.1 Å². The molecule has 6 aromatic carbocycles. The summed E-state index contributed by atoms with van der Waals surface area (Å²) in [6.45, 7) is 4.30. The van der Waals surface area contributed by atoms with Crippen molar-refractivity contribution < 1.29 is 51.7 Å². The van der Waals surface area contributed by atoms with E-state index in [1.54, 1.807) is 0 Å².